The zero-order chi connectivity index (χ0) is 21.1. The molecule has 30 heavy (non-hydrogen) atoms. The quantitative estimate of drug-likeness (QED) is 0.278. The summed E-state index contributed by atoms with van der Waals surface area (Å²) in [5.41, 5.74) is 1.47. The van der Waals surface area contributed by atoms with Crippen molar-refractivity contribution >= 4 is 55.8 Å². The van der Waals surface area contributed by atoms with Crippen molar-refractivity contribution in [3.05, 3.63) is 82.6 Å². The summed E-state index contributed by atoms with van der Waals surface area (Å²) in [7, 11) is -4.50. The summed E-state index contributed by atoms with van der Waals surface area (Å²) in [6, 6.07) is 18.7. The summed E-state index contributed by atoms with van der Waals surface area (Å²) in [4.78, 5) is 0.819. The lowest BCUT2D eigenvalue weighted by atomic mass is 10.1. The van der Waals surface area contributed by atoms with E-state index in [0.29, 0.717) is 5.69 Å². The second-order valence-electron chi connectivity index (χ2n) is 6.40. The molecule has 4 rings (SSSR count). The van der Waals surface area contributed by atoms with Gasteiger partial charge >= 0.3 is 0 Å². The van der Waals surface area contributed by atoms with Crippen LogP contribution < -0.4 is 0 Å². The van der Waals surface area contributed by atoms with E-state index in [9.17, 15) is 18.1 Å². The van der Waals surface area contributed by atoms with Gasteiger partial charge in [-0.2, -0.15) is 13.5 Å². The number of azo groups is 1. The zero-order valence-corrected chi connectivity index (χ0v) is 17.1. The Labute approximate surface area is 177 Å². The smallest absolute Gasteiger partial charge is 0.295 e. The van der Waals surface area contributed by atoms with Crippen LogP contribution in [0.15, 0.2) is 87.2 Å². The molecule has 6 nitrogen and oxygen atoms in total. The van der Waals surface area contributed by atoms with Crippen molar-refractivity contribution in [2.45, 2.75) is 4.90 Å². The standard InChI is InChI=1S/C22H16N2O4S2/c25-22-19-6-2-1-5-18(19)21(30(26,27)28)14-20(22)24-23-16-10-7-15(8-11-16)9-12-17-4-3-13-29-17/h1-14,25H,(H,26,27,28)/b12-9+,24-23?. The second kappa shape index (κ2) is 8.19. The highest BCUT2D eigenvalue weighted by atomic mass is 32.2. The molecular formula is C22H16N2O4S2. The van der Waals surface area contributed by atoms with Gasteiger partial charge in [0.25, 0.3) is 10.1 Å². The van der Waals surface area contributed by atoms with E-state index in [1.165, 1.54) is 6.07 Å². The molecule has 4 aromatic rings. The Morgan fingerprint density at radius 3 is 2.27 bits per heavy atom. The van der Waals surface area contributed by atoms with Crippen molar-refractivity contribution in [3.63, 3.8) is 0 Å². The van der Waals surface area contributed by atoms with E-state index in [2.05, 4.69) is 10.2 Å². The van der Waals surface area contributed by atoms with E-state index < -0.39 is 10.1 Å². The van der Waals surface area contributed by atoms with E-state index in [0.717, 1.165) is 16.5 Å². The van der Waals surface area contributed by atoms with Crippen molar-refractivity contribution in [1.29, 1.82) is 0 Å². The van der Waals surface area contributed by atoms with Crippen LogP contribution in [0.1, 0.15) is 10.4 Å². The number of nitrogens with zero attached hydrogens (tertiary/aromatic N) is 2. The normalized spacial score (nSPS) is 12.3. The Balaban J connectivity index is 1.65. The molecule has 0 atom stereocenters. The predicted octanol–water partition coefficient (Wildman–Crippen LogP) is 6.44. The molecule has 0 amide bonds. The molecule has 3 aromatic carbocycles. The summed E-state index contributed by atoms with van der Waals surface area (Å²) < 4.78 is 33.1. The number of phenols is 1. The molecular weight excluding hydrogens is 420 g/mol. The summed E-state index contributed by atoms with van der Waals surface area (Å²) in [5, 5.41) is 21.0. The highest BCUT2D eigenvalue weighted by molar-refractivity contribution is 7.86. The SMILES string of the molecule is O=S(=O)(O)c1cc(N=Nc2ccc(/C=C/c3cccs3)cc2)c(O)c2ccccc12. The van der Waals surface area contributed by atoms with E-state index >= 15 is 0 Å². The minimum atomic E-state index is -4.50. The molecule has 0 saturated heterocycles. The fourth-order valence-electron chi connectivity index (χ4n) is 2.93. The van der Waals surface area contributed by atoms with Gasteiger partial charge in [0, 0.05) is 15.6 Å². The third kappa shape index (κ3) is 4.30. The van der Waals surface area contributed by atoms with Crippen molar-refractivity contribution < 1.29 is 18.1 Å². The Bertz CT molecular complexity index is 1360. The molecule has 0 spiro atoms. The monoisotopic (exact) mass is 436 g/mol. The first kappa shape index (κ1) is 20.0. The number of aromatic hydroxyl groups is 1. The van der Waals surface area contributed by atoms with Gasteiger partial charge in [-0.1, -0.05) is 48.5 Å². The van der Waals surface area contributed by atoms with Crippen LogP contribution in [0.4, 0.5) is 11.4 Å². The van der Waals surface area contributed by atoms with E-state index in [1.807, 2.05) is 41.8 Å². The van der Waals surface area contributed by atoms with Crippen molar-refractivity contribution in [3.8, 4) is 5.75 Å². The van der Waals surface area contributed by atoms with Gasteiger partial charge in [0.05, 0.1) is 5.69 Å². The fourth-order valence-corrected chi connectivity index (χ4v) is 4.27. The topological polar surface area (TPSA) is 99.3 Å². The van der Waals surface area contributed by atoms with Crippen LogP contribution in [0.25, 0.3) is 22.9 Å². The number of benzene rings is 3. The third-order valence-electron chi connectivity index (χ3n) is 4.39. The molecule has 2 N–H and O–H groups in total. The molecule has 0 unspecified atom stereocenters. The molecule has 0 radical (unpaired) electrons. The third-order valence-corrected chi connectivity index (χ3v) is 6.12. The predicted molar refractivity (Wildman–Crippen MR) is 119 cm³/mol. The average molecular weight is 437 g/mol. The largest absolute Gasteiger partial charge is 0.505 e. The summed E-state index contributed by atoms with van der Waals surface area (Å²) in [5.74, 6) is -0.211. The van der Waals surface area contributed by atoms with Gasteiger partial charge in [0.15, 0.2) is 5.75 Å². The van der Waals surface area contributed by atoms with Crippen LogP contribution in [0.2, 0.25) is 0 Å². The summed E-state index contributed by atoms with van der Waals surface area (Å²) in [6.45, 7) is 0. The number of hydrogen-bond acceptors (Lipinski definition) is 6. The zero-order valence-electron chi connectivity index (χ0n) is 15.5. The van der Waals surface area contributed by atoms with Crippen LogP contribution in [-0.4, -0.2) is 18.1 Å². The molecule has 0 bridgehead atoms. The van der Waals surface area contributed by atoms with Crippen LogP contribution in [0, 0.1) is 0 Å². The highest BCUT2D eigenvalue weighted by Crippen LogP contribution is 2.39. The van der Waals surface area contributed by atoms with Crippen LogP contribution in [-0.2, 0) is 10.1 Å². The van der Waals surface area contributed by atoms with Crippen molar-refractivity contribution in [2.24, 2.45) is 10.2 Å². The van der Waals surface area contributed by atoms with E-state index in [1.54, 1.807) is 41.7 Å². The lowest BCUT2D eigenvalue weighted by Gasteiger charge is -2.08. The molecule has 1 aromatic heterocycles. The number of phenolic OH excluding ortho intramolecular Hbond substituents is 1. The Hall–Kier alpha value is -3.33. The molecule has 150 valence electrons. The maximum atomic E-state index is 11.8. The molecule has 0 saturated carbocycles. The fraction of sp³-hybridized carbons (Fsp3) is 0. The van der Waals surface area contributed by atoms with Crippen LogP contribution in [0.3, 0.4) is 0 Å². The minimum Gasteiger partial charge on any atom is -0.505 e. The van der Waals surface area contributed by atoms with Crippen molar-refractivity contribution in [1.82, 2.24) is 0 Å². The highest BCUT2D eigenvalue weighted by Gasteiger charge is 2.19. The number of rotatable bonds is 5. The Kier molecular flexibility index (Phi) is 5.45. The first-order chi connectivity index (χ1) is 14.4. The molecule has 0 aliphatic rings. The molecule has 1 heterocycles. The number of fused-ring (bicyclic) bond motifs is 1. The van der Waals surface area contributed by atoms with Crippen molar-refractivity contribution in [2.75, 3.05) is 0 Å². The van der Waals surface area contributed by atoms with Gasteiger partial charge in [-0.15, -0.1) is 16.5 Å². The van der Waals surface area contributed by atoms with Gasteiger partial charge in [0.2, 0.25) is 0 Å². The van der Waals surface area contributed by atoms with Gasteiger partial charge in [-0.05, 0) is 41.3 Å². The second-order valence-corrected chi connectivity index (χ2v) is 8.77. The maximum Gasteiger partial charge on any atom is 0.295 e. The molecule has 0 aliphatic carbocycles. The van der Waals surface area contributed by atoms with Crippen LogP contribution >= 0.6 is 11.3 Å². The van der Waals surface area contributed by atoms with Gasteiger partial charge in [0.1, 0.15) is 10.6 Å². The lowest BCUT2D eigenvalue weighted by Crippen LogP contribution is -1.99. The first-order valence-electron chi connectivity index (χ1n) is 8.87. The van der Waals surface area contributed by atoms with Gasteiger partial charge < -0.3 is 5.11 Å². The molecule has 8 heteroatoms. The Morgan fingerprint density at radius 1 is 0.867 bits per heavy atom. The maximum absolute atomic E-state index is 11.8. The van der Waals surface area contributed by atoms with Gasteiger partial charge in [-0.3, -0.25) is 4.55 Å². The van der Waals surface area contributed by atoms with E-state index in [-0.39, 0.29) is 27.1 Å². The first-order valence-corrected chi connectivity index (χ1v) is 11.2. The lowest BCUT2D eigenvalue weighted by molar-refractivity contribution is 0.480. The Morgan fingerprint density at radius 2 is 1.60 bits per heavy atom. The molecule has 0 aliphatic heterocycles. The van der Waals surface area contributed by atoms with Gasteiger partial charge in [-0.25, -0.2) is 0 Å². The average Bonchev–Trinajstić information content (AvgIpc) is 3.25. The summed E-state index contributed by atoms with van der Waals surface area (Å²) in [6.07, 6.45) is 4.01. The summed E-state index contributed by atoms with van der Waals surface area (Å²) >= 11 is 1.65. The minimum absolute atomic E-state index is 0.0528. The molecule has 0 fully saturated rings. The van der Waals surface area contributed by atoms with Crippen LogP contribution in [0.5, 0.6) is 5.75 Å². The number of thiophene rings is 1. The number of hydrogen-bond donors (Lipinski definition) is 2. The van der Waals surface area contributed by atoms with E-state index in [4.69, 9.17) is 0 Å².